The van der Waals surface area contributed by atoms with Gasteiger partial charge in [0.25, 0.3) is 0 Å². The summed E-state index contributed by atoms with van der Waals surface area (Å²) in [6, 6.07) is 12.1. The van der Waals surface area contributed by atoms with E-state index in [0.29, 0.717) is 17.4 Å². The van der Waals surface area contributed by atoms with Gasteiger partial charge in [-0.1, -0.05) is 30.7 Å². The molecule has 1 aromatic carbocycles. The van der Waals surface area contributed by atoms with E-state index in [1.165, 1.54) is 5.56 Å². The highest BCUT2D eigenvalue weighted by Crippen LogP contribution is 2.59. The molecule has 5 atom stereocenters. The third kappa shape index (κ3) is 2.49. The third-order valence-electron chi connectivity index (χ3n) is 6.84. The van der Waals surface area contributed by atoms with Crippen LogP contribution in [0, 0.1) is 46.3 Å². The van der Waals surface area contributed by atoms with Crippen molar-refractivity contribution in [2.24, 2.45) is 23.7 Å². The summed E-state index contributed by atoms with van der Waals surface area (Å²) in [5.41, 5.74) is 2.78. The Labute approximate surface area is 153 Å². The maximum Gasteiger partial charge on any atom is 0.164 e. The van der Waals surface area contributed by atoms with Gasteiger partial charge >= 0.3 is 0 Å². The first kappa shape index (κ1) is 17.0. The second-order valence-corrected chi connectivity index (χ2v) is 7.85. The number of nitrogens with zero attached hydrogens (tertiary/aromatic N) is 2. The molecule has 3 fully saturated rings. The lowest BCUT2D eigenvalue weighted by molar-refractivity contribution is -0.120. The van der Waals surface area contributed by atoms with E-state index < -0.39 is 0 Å². The van der Waals surface area contributed by atoms with Crippen molar-refractivity contribution >= 4 is 5.78 Å². The molecule has 3 aliphatic rings. The molecule has 0 aliphatic heterocycles. The van der Waals surface area contributed by atoms with Crippen LogP contribution in [0.3, 0.4) is 0 Å². The minimum absolute atomic E-state index is 0.00929. The Kier molecular flexibility index (Phi) is 4.39. The summed E-state index contributed by atoms with van der Waals surface area (Å²) in [5, 5.41) is 27.9. The number of aliphatic hydroxyl groups excluding tert-OH is 1. The topological polar surface area (TPSA) is 84.9 Å². The summed E-state index contributed by atoms with van der Waals surface area (Å²) in [7, 11) is 0. The average Bonchev–Trinajstić information content (AvgIpc) is 2.98. The molecule has 5 unspecified atom stereocenters. The van der Waals surface area contributed by atoms with Gasteiger partial charge in [-0.3, -0.25) is 4.79 Å². The number of benzene rings is 1. The maximum absolute atomic E-state index is 13.0. The first-order chi connectivity index (χ1) is 12.7. The van der Waals surface area contributed by atoms with Crippen LogP contribution < -0.4 is 0 Å². The maximum atomic E-state index is 13.0. The molecule has 0 bridgehead atoms. The molecule has 3 aliphatic carbocycles. The molecule has 26 heavy (non-hydrogen) atoms. The van der Waals surface area contributed by atoms with Crippen LogP contribution in [0.5, 0.6) is 0 Å². The van der Waals surface area contributed by atoms with Crippen molar-refractivity contribution in [2.75, 3.05) is 0 Å². The second kappa shape index (κ2) is 6.71. The quantitative estimate of drug-likeness (QED) is 0.654. The summed E-state index contributed by atoms with van der Waals surface area (Å²) in [6.07, 6.45) is 4.90. The molecule has 4 rings (SSSR count). The zero-order valence-electron chi connectivity index (χ0n) is 14.7. The van der Waals surface area contributed by atoms with E-state index in [4.69, 9.17) is 0 Å². The van der Waals surface area contributed by atoms with Gasteiger partial charge in [-0.2, -0.15) is 10.5 Å². The summed E-state index contributed by atoms with van der Waals surface area (Å²) >= 11 is 0. The Bertz CT molecular complexity index is 824. The highest BCUT2D eigenvalue weighted by atomic mass is 16.3. The number of allylic oxidation sites excluding steroid dienone is 2. The molecule has 0 heterocycles. The number of hydrogen-bond acceptors (Lipinski definition) is 4. The lowest BCUT2D eigenvalue weighted by atomic mass is 9.59. The third-order valence-corrected chi connectivity index (χ3v) is 6.84. The molecule has 1 aromatic rings. The second-order valence-electron chi connectivity index (χ2n) is 7.85. The zero-order chi connectivity index (χ0) is 18.3. The minimum atomic E-state index is -0.00929. The predicted molar refractivity (Wildman–Crippen MR) is 95.4 cm³/mol. The van der Waals surface area contributed by atoms with E-state index >= 15 is 0 Å². The van der Waals surface area contributed by atoms with Crippen LogP contribution >= 0.6 is 0 Å². The smallest absolute Gasteiger partial charge is 0.164 e. The van der Waals surface area contributed by atoms with Gasteiger partial charge in [0.2, 0.25) is 0 Å². The summed E-state index contributed by atoms with van der Waals surface area (Å²) in [4.78, 5) is 13.0. The fourth-order valence-corrected chi connectivity index (χ4v) is 5.83. The average molecular weight is 346 g/mol. The van der Waals surface area contributed by atoms with E-state index in [1.54, 1.807) is 0 Å². The van der Waals surface area contributed by atoms with Crippen LogP contribution in [0.1, 0.15) is 49.1 Å². The van der Waals surface area contributed by atoms with Crippen molar-refractivity contribution < 1.29 is 9.90 Å². The minimum Gasteiger partial charge on any atom is -0.392 e. The number of aliphatic hydroxyl groups is 1. The van der Waals surface area contributed by atoms with Crippen molar-refractivity contribution in [1.29, 1.82) is 10.5 Å². The van der Waals surface area contributed by atoms with E-state index in [-0.39, 0.29) is 35.7 Å². The van der Waals surface area contributed by atoms with Crippen molar-refractivity contribution in [3.8, 4) is 12.1 Å². The first-order valence-electron chi connectivity index (χ1n) is 9.47. The van der Waals surface area contributed by atoms with Crippen molar-refractivity contribution in [2.45, 2.75) is 44.6 Å². The van der Waals surface area contributed by atoms with Crippen LogP contribution in [-0.2, 0) is 11.4 Å². The van der Waals surface area contributed by atoms with Crippen LogP contribution in [-0.4, -0.2) is 10.9 Å². The molecule has 0 amide bonds. The zero-order valence-corrected chi connectivity index (χ0v) is 14.7. The fourth-order valence-electron chi connectivity index (χ4n) is 5.83. The van der Waals surface area contributed by atoms with Gasteiger partial charge < -0.3 is 5.11 Å². The molecule has 3 saturated carbocycles. The van der Waals surface area contributed by atoms with E-state index in [2.05, 4.69) is 12.1 Å². The monoisotopic (exact) mass is 346 g/mol. The number of rotatable bonds is 2. The molecular weight excluding hydrogens is 324 g/mol. The Balaban J connectivity index is 1.71. The number of Topliss-reactive ketones (excluding diaryl/α,β-unsaturated/α-hetero) is 1. The molecule has 0 radical (unpaired) electrons. The van der Waals surface area contributed by atoms with Gasteiger partial charge in [0.05, 0.1) is 6.61 Å². The Morgan fingerprint density at radius 2 is 1.69 bits per heavy atom. The lowest BCUT2D eigenvalue weighted by Gasteiger charge is -2.45. The number of carbonyl (C=O) groups excluding carboxylic acids is 1. The van der Waals surface area contributed by atoms with Crippen LogP contribution in [0.15, 0.2) is 35.4 Å². The largest absolute Gasteiger partial charge is 0.392 e. The van der Waals surface area contributed by atoms with Gasteiger partial charge in [-0.15, -0.1) is 0 Å². The Morgan fingerprint density at radius 1 is 1.00 bits per heavy atom. The van der Waals surface area contributed by atoms with Gasteiger partial charge in [0, 0.05) is 11.5 Å². The fraction of sp³-hybridized carbons (Fsp3) is 0.500. The molecule has 1 N–H and O–H groups in total. The number of ketones is 1. The molecule has 132 valence electrons. The SMILES string of the molecule is N#CC(C#N)=C1C(=O)C2CCC(c3ccc(CO)cc3)C3CCCC1C23. The number of nitriles is 2. The van der Waals surface area contributed by atoms with Crippen molar-refractivity contribution in [3.63, 3.8) is 0 Å². The van der Waals surface area contributed by atoms with Crippen LogP contribution in [0.4, 0.5) is 0 Å². The highest BCUT2D eigenvalue weighted by Gasteiger charge is 2.55. The molecule has 0 spiro atoms. The first-order valence-corrected chi connectivity index (χ1v) is 9.47. The summed E-state index contributed by atoms with van der Waals surface area (Å²) in [5.74, 6) is 1.28. The normalized spacial score (nSPS) is 32.5. The van der Waals surface area contributed by atoms with E-state index in [9.17, 15) is 20.4 Å². The van der Waals surface area contributed by atoms with E-state index in [0.717, 1.165) is 37.7 Å². The summed E-state index contributed by atoms with van der Waals surface area (Å²) in [6.45, 7) is 0.0505. The number of hydrogen-bond donors (Lipinski definition) is 1. The highest BCUT2D eigenvalue weighted by molar-refractivity contribution is 6.02. The Morgan fingerprint density at radius 3 is 2.35 bits per heavy atom. The van der Waals surface area contributed by atoms with Crippen LogP contribution in [0.2, 0.25) is 0 Å². The molecule has 4 nitrogen and oxygen atoms in total. The lowest BCUT2D eigenvalue weighted by Crippen LogP contribution is -2.37. The number of carbonyl (C=O) groups is 1. The molecule has 0 saturated heterocycles. The molecular formula is C22H22N2O2. The standard InChI is InChI=1S/C22H22N2O2/c23-10-15(11-24)20-18-3-1-2-17-16(8-9-19(21(17)18)22(20)26)14-6-4-13(12-25)5-7-14/h4-7,16-19,21,25H,1-3,8-9,12H2. The van der Waals surface area contributed by atoms with Crippen molar-refractivity contribution in [3.05, 3.63) is 46.5 Å². The van der Waals surface area contributed by atoms with Gasteiger partial charge in [-0.05, 0) is 60.5 Å². The van der Waals surface area contributed by atoms with Gasteiger partial charge in [-0.25, -0.2) is 0 Å². The van der Waals surface area contributed by atoms with Crippen LogP contribution in [0.25, 0.3) is 0 Å². The molecule has 0 aromatic heterocycles. The van der Waals surface area contributed by atoms with Gasteiger partial charge in [0.1, 0.15) is 17.7 Å². The van der Waals surface area contributed by atoms with Crippen molar-refractivity contribution in [1.82, 2.24) is 0 Å². The van der Waals surface area contributed by atoms with Gasteiger partial charge in [0.15, 0.2) is 5.78 Å². The molecule has 4 heteroatoms. The predicted octanol–water partition coefficient (Wildman–Crippen LogP) is 3.63. The van der Waals surface area contributed by atoms with E-state index in [1.807, 2.05) is 24.3 Å². The summed E-state index contributed by atoms with van der Waals surface area (Å²) < 4.78 is 0. The Hall–Kier alpha value is -2.43.